The summed E-state index contributed by atoms with van der Waals surface area (Å²) < 4.78 is 0. The summed E-state index contributed by atoms with van der Waals surface area (Å²) in [6.45, 7) is 0. The van der Waals surface area contributed by atoms with Crippen LogP contribution in [0.5, 0.6) is 0 Å². The molecule has 2 atom stereocenters. The van der Waals surface area contributed by atoms with Crippen molar-refractivity contribution in [3.8, 4) is 0 Å². The summed E-state index contributed by atoms with van der Waals surface area (Å²) in [7, 11) is 3.91. The van der Waals surface area contributed by atoms with Gasteiger partial charge in [-0.05, 0) is 48.9 Å². The Morgan fingerprint density at radius 2 is 1.42 bits per heavy atom. The molecular formula is C19H19Cl2N3O2. The fourth-order valence-electron chi connectivity index (χ4n) is 2.66. The quantitative estimate of drug-likeness (QED) is 0.799. The number of anilines is 3. The summed E-state index contributed by atoms with van der Waals surface area (Å²) >= 11 is 11.8. The van der Waals surface area contributed by atoms with E-state index in [4.69, 9.17) is 23.2 Å². The minimum atomic E-state index is -0.328. The molecule has 1 saturated carbocycles. The molecule has 2 aromatic carbocycles. The Hall–Kier alpha value is -2.24. The third-order valence-electron chi connectivity index (χ3n) is 4.30. The molecule has 26 heavy (non-hydrogen) atoms. The van der Waals surface area contributed by atoms with Crippen molar-refractivity contribution in [1.82, 2.24) is 0 Å². The average molecular weight is 392 g/mol. The lowest BCUT2D eigenvalue weighted by atomic mass is 10.2. The van der Waals surface area contributed by atoms with Crippen LogP contribution in [0.2, 0.25) is 10.0 Å². The molecule has 0 bridgehead atoms. The van der Waals surface area contributed by atoms with Gasteiger partial charge in [0.25, 0.3) is 0 Å². The molecule has 1 aliphatic carbocycles. The van der Waals surface area contributed by atoms with Gasteiger partial charge in [-0.1, -0.05) is 23.2 Å². The molecule has 0 spiro atoms. The molecule has 2 N–H and O–H groups in total. The zero-order valence-electron chi connectivity index (χ0n) is 14.4. The van der Waals surface area contributed by atoms with E-state index in [2.05, 4.69) is 10.6 Å². The van der Waals surface area contributed by atoms with E-state index in [1.807, 2.05) is 43.3 Å². The molecule has 0 radical (unpaired) electrons. The Labute approximate surface area is 162 Å². The molecule has 2 aromatic rings. The Kier molecular flexibility index (Phi) is 5.39. The van der Waals surface area contributed by atoms with Gasteiger partial charge in [-0.25, -0.2) is 0 Å². The number of amides is 2. The number of hydrogen-bond acceptors (Lipinski definition) is 3. The molecule has 0 saturated heterocycles. The molecule has 136 valence electrons. The Morgan fingerprint density at radius 1 is 0.885 bits per heavy atom. The van der Waals surface area contributed by atoms with E-state index in [1.54, 1.807) is 18.2 Å². The first-order chi connectivity index (χ1) is 12.3. The lowest BCUT2D eigenvalue weighted by Crippen LogP contribution is -2.20. The molecule has 2 unspecified atom stereocenters. The van der Waals surface area contributed by atoms with Crippen LogP contribution < -0.4 is 15.5 Å². The van der Waals surface area contributed by atoms with E-state index in [0.29, 0.717) is 22.2 Å². The minimum absolute atomic E-state index is 0.142. The van der Waals surface area contributed by atoms with Crippen LogP contribution in [-0.4, -0.2) is 25.9 Å². The number of halogens is 2. The van der Waals surface area contributed by atoms with Gasteiger partial charge in [0.05, 0.1) is 21.9 Å². The fourth-order valence-corrected chi connectivity index (χ4v) is 2.96. The molecule has 0 aliphatic heterocycles. The maximum Gasteiger partial charge on any atom is 0.228 e. The number of nitrogens with zero attached hydrogens (tertiary/aromatic N) is 1. The molecule has 5 nitrogen and oxygen atoms in total. The van der Waals surface area contributed by atoms with E-state index in [-0.39, 0.29) is 23.7 Å². The summed E-state index contributed by atoms with van der Waals surface area (Å²) in [5.74, 6) is -0.972. The van der Waals surface area contributed by atoms with Gasteiger partial charge in [-0.15, -0.1) is 0 Å². The predicted octanol–water partition coefficient (Wildman–Crippen LogP) is 4.27. The van der Waals surface area contributed by atoms with Gasteiger partial charge in [0.1, 0.15) is 0 Å². The molecule has 2 amide bonds. The highest BCUT2D eigenvalue weighted by Gasteiger charge is 2.48. The van der Waals surface area contributed by atoms with Crippen LogP contribution in [0.25, 0.3) is 0 Å². The van der Waals surface area contributed by atoms with Crippen LogP contribution >= 0.6 is 23.2 Å². The van der Waals surface area contributed by atoms with Gasteiger partial charge >= 0.3 is 0 Å². The lowest BCUT2D eigenvalue weighted by Gasteiger charge is -2.13. The van der Waals surface area contributed by atoms with Gasteiger partial charge in [0, 0.05) is 31.2 Å². The third-order valence-corrected chi connectivity index (χ3v) is 5.04. The SMILES string of the molecule is CN(C)c1ccc(NC(=O)C2CC2C(=O)Nc2ccc(Cl)c(Cl)c2)cc1. The van der Waals surface area contributed by atoms with Crippen LogP contribution in [0.3, 0.4) is 0 Å². The van der Waals surface area contributed by atoms with Gasteiger partial charge in [-0.3, -0.25) is 9.59 Å². The second-order valence-electron chi connectivity index (χ2n) is 6.50. The molecule has 1 fully saturated rings. The number of nitrogens with one attached hydrogen (secondary N) is 2. The minimum Gasteiger partial charge on any atom is -0.378 e. The van der Waals surface area contributed by atoms with Gasteiger partial charge in [0.15, 0.2) is 0 Å². The maximum absolute atomic E-state index is 12.3. The number of carbonyl (C=O) groups excluding carboxylic acids is 2. The van der Waals surface area contributed by atoms with Gasteiger partial charge in [-0.2, -0.15) is 0 Å². The van der Waals surface area contributed by atoms with E-state index < -0.39 is 0 Å². The van der Waals surface area contributed by atoms with Crippen molar-refractivity contribution in [2.24, 2.45) is 11.8 Å². The van der Waals surface area contributed by atoms with E-state index in [9.17, 15) is 9.59 Å². The summed E-state index contributed by atoms with van der Waals surface area (Å²) in [6, 6.07) is 12.4. The van der Waals surface area contributed by atoms with E-state index in [1.165, 1.54) is 0 Å². The zero-order chi connectivity index (χ0) is 18.8. The Morgan fingerprint density at radius 3 is 1.96 bits per heavy atom. The second kappa shape index (κ2) is 7.56. The summed E-state index contributed by atoms with van der Waals surface area (Å²) in [6.07, 6.45) is 0.536. The molecule has 3 rings (SSSR count). The van der Waals surface area contributed by atoms with Crippen molar-refractivity contribution in [1.29, 1.82) is 0 Å². The van der Waals surface area contributed by atoms with Gasteiger partial charge < -0.3 is 15.5 Å². The van der Waals surface area contributed by atoms with E-state index >= 15 is 0 Å². The summed E-state index contributed by atoms with van der Waals surface area (Å²) in [4.78, 5) is 26.6. The Balaban J connectivity index is 1.54. The van der Waals surface area contributed by atoms with Crippen LogP contribution in [-0.2, 0) is 9.59 Å². The van der Waals surface area contributed by atoms with Crippen molar-refractivity contribution in [2.45, 2.75) is 6.42 Å². The number of benzene rings is 2. The van der Waals surface area contributed by atoms with Crippen LogP contribution in [0, 0.1) is 11.8 Å². The summed E-state index contributed by atoms with van der Waals surface area (Å²) in [5, 5.41) is 6.43. The highest BCUT2D eigenvalue weighted by atomic mass is 35.5. The Bertz CT molecular complexity index is 837. The van der Waals surface area contributed by atoms with E-state index in [0.717, 1.165) is 11.4 Å². The average Bonchev–Trinajstić information content (AvgIpc) is 3.39. The largest absolute Gasteiger partial charge is 0.378 e. The predicted molar refractivity (Wildman–Crippen MR) is 106 cm³/mol. The number of rotatable bonds is 5. The molecule has 0 aromatic heterocycles. The fraction of sp³-hybridized carbons (Fsp3) is 0.263. The lowest BCUT2D eigenvalue weighted by molar-refractivity contribution is -0.122. The first kappa shape index (κ1) is 18.5. The van der Waals surface area contributed by atoms with Crippen LogP contribution in [0.1, 0.15) is 6.42 Å². The monoisotopic (exact) mass is 391 g/mol. The van der Waals surface area contributed by atoms with Crippen molar-refractivity contribution in [3.05, 3.63) is 52.5 Å². The summed E-state index contributed by atoms with van der Waals surface area (Å²) in [5.41, 5.74) is 2.33. The van der Waals surface area contributed by atoms with Crippen LogP contribution in [0.15, 0.2) is 42.5 Å². The highest BCUT2D eigenvalue weighted by molar-refractivity contribution is 6.42. The van der Waals surface area contributed by atoms with Crippen LogP contribution in [0.4, 0.5) is 17.1 Å². The topological polar surface area (TPSA) is 61.4 Å². The van der Waals surface area contributed by atoms with Gasteiger partial charge in [0.2, 0.25) is 11.8 Å². The smallest absolute Gasteiger partial charge is 0.228 e. The number of hydrogen-bond donors (Lipinski definition) is 2. The van der Waals surface area contributed by atoms with Crippen molar-refractivity contribution in [2.75, 3.05) is 29.6 Å². The standard InChI is InChI=1S/C19H19Cl2N3O2/c1-24(2)13-6-3-11(4-7-13)22-18(25)14-10-15(14)19(26)23-12-5-8-16(20)17(21)9-12/h3-9,14-15H,10H2,1-2H3,(H,22,25)(H,23,26). The first-order valence-corrected chi connectivity index (χ1v) is 8.95. The van der Waals surface area contributed by atoms with Crippen molar-refractivity contribution >= 4 is 52.1 Å². The second-order valence-corrected chi connectivity index (χ2v) is 7.31. The normalized spacial score (nSPS) is 18.2. The molecular weight excluding hydrogens is 373 g/mol. The molecule has 7 heteroatoms. The third kappa shape index (κ3) is 4.29. The maximum atomic E-state index is 12.3. The number of carbonyl (C=O) groups is 2. The van der Waals surface area contributed by atoms with Crippen molar-refractivity contribution in [3.63, 3.8) is 0 Å². The first-order valence-electron chi connectivity index (χ1n) is 8.19. The van der Waals surface area contributed by atoms with Crippen molar-refractivity contribution < 1.29 is 9.59 Å². The molecule has 1 aliphatic rings. The highest BCUT2D eigenvalue weighted by Crippen LogP contribution is 2.40. The zero-order valence-corrected chi connectivity index (χ0v) is 15.9. The molecule has 0 heterocycles.